The number of amides is 1. The van der Waals surface area contributed by atoms with Gasteiger partial charge in [0.1, 0.15) is 17.4 Å². The number of carbonyl (C=O) groups is 1. The highest BCUT2D eigenvalue weighted by molar-refractivity contribution is 5.80. The molecule has 1 atom stereocenters. The largest absolute Gasteiger partial charge is 0.481 e. The fourth-order valence-corrected chi connectivity index (χ4v) is 1.79. The van der Waals surface area contributed by atoms with E-state index in [4.69, 9.17) is 4.74 Å². The van der Waals surface area contributed by atoms with E-state index < -0.39 is 6.10 Å². The van der Waals surface area contributed by atoms with Gasteiger partial charge >= 0.3 is 0 Å². The van der Waals surface area contributed by atoms with Crippen LogP contribution in [-0.4, -0.2) is 36.1 Å². The van der Waals surface area contributed by atoms with Crippen molar-refractivity contribution in [2.75, 3.05) is 19.0 Å². The molecule has 6 heteroatoms. The minimum Gasteiger partial charge on any atom is -0.481 e. The van der Waals surface area contributed by atoms with Gasteiger partial charge in [0.2, 0.25) is 0 Å². The van der Waals surface area contributed by atoms with Crippen LogP contribution in [0.1, 0.15) is 12.7 Å². The van der Waals surface area contributed by atoms with Gasteiger partial charge in [-0.2, -0.15) is 0 Å². The molecule has 1 unspecified atom stereocenters. The van der Waals surface area contributed by atoms with Gasteiger partial charge in [-0.25, -0.2) is 9.97 Å². The molecule has 2 rings (SSSR count). The molecule has 0 fully saturated rings. The predicted octanol–water partition coefficient (Wildman–Crippen LogP) is 1.63. The fourth-order valence-electron chi connectivity index (χ4n) is 1.79. The first kappa shape index (κ1) is 15.8. The summed E-state index contributed by atoms with van der Waals surface area (Å²) in [4.78, 5) is 22.4. The Morgan fingerprint density at radius 2 is 2.00 bits per heavy atom. The standard InChI is InChI=1S/C16H20N4O2/c1-12(22-13-7-5-4-6-8-13)16(21)18-11-14-17-10-9-15(19-14)20(2)3/h4-10,12H,11H2,1-3H3,(H,18,21). The molecule has 0 bridgehead atoms. The van der Waals surface area contributed by atoms with E-state index in [1.54, 1.807) is 13.1 Å². The Balaban J connectivity index is 1.88. The number of nitrogens with zero attached hydrogens (tertiary/aromatic N) is 3. The van der Waals surface area contributed by atoms with Crippen LogP contribution in [0.25, 0.3) is 0 Å². The lowest BCUT2D eigenvalue weighted by atomic mass is 10.3. The first-order valence-electron chi connectivity index (χ1n) is 7.05. The lowest BCUT2D eigenvalue weighted by molar-refractivity contribution is -0.127. The van der Waals surface area contributed by atoms with Gasteiger partial charge in [0.25, 0.3) is 5.91 Å². The molecular formula is C16H20N4O2. The quantitative estimate of drug-likeness (QED) is 0.878. The van der Waals surface area contributed by atoms with Gasteiger partial charge in [0, 0.05) is 20.3 Å². The predicted molar refractivity (Wildman–Crippen MR) is 84.7 cm³/mol. The zero-order valence-corrected chi connectivity index (χ0v) is 13.0. The first-order chi connectivity index (χ1) is 10.6. The summed E-state index contributed by atoms with van der Waals surface area (Å²) in [5.74, 6) is 1.82. The molecule has 0 aliphatic carbocycles. The number of nitrogens with one attached hydrogen (secondary N) is 1. The van der Waals surface area contributed by atoms with E-state index in [9.17, 15) is 4.79 Å². The molecule has 0 aliphatic heterocycles. The average Bonchev–Trinajstić information content (AvgIpc) is 2.53. The van der Waals surface area contributed by atoms with Gasteiger partial charge < -0.3 is 15.0 Å². The van der Waals surface area contributed by atoms with Gasteiger partial charge in [0.15, 0.2) is 6.10 Å². The van der Waals surface area contributed by atoms with Crippen molar-refractivity contribution in [3.8, 4) is 5.75 Å². The minimum absolute atomic E-state index is 0.206. The number of benzene rings is 1. The van der Waals surface area contributed by atoms with Crippen molar-refractivity contribution in [1.82, 2.24) is 15.3 Å². The smallest absolute Gasteiger partial charge is 0.261 e. The zero-order valence-electron chi connectivity index (χ0n) is 13.0. The van der Waals surface area contributed by atoms with Crippen LogP contribution in [-0.2, 0) is 11.3 Å². The average molecular weight is 300 g/mol. The molecule has 0 radical (unpaired) electrons. The highest BCUT2D eigenvalue weighted by atomic mass is 16.5. The summed E-state index contributed by atoms with van der Waals surface area (Å²) in [6.07, 6.45) is 1.09. The third kappa shape index (κ3) is 4.44. The van der Waals surface area contributed by atoms with Crippen molar-refractivity contribution in [3.63, 3.8) is 0 Å². The Hall–Kier alpha value is -2.63. The van der Waals surface area contributed by atoms with Gasteiger partial charge in [-0.05, 0) is 25.1 Å². The third-order valence-corrected chi connectivity index (χ3v) is 2.99. The van der Waals surface area contributed by atoms with Crippen molar-refractivity contribution in [1.29, 1.82) is 0 Å². The zero-order chi connectivity index (χ0) is 15.9. The molecule has 116 valence electrons. The Morgan fingerprint density at radius 1 is 1.27 bits per heavy atom. The van der Waals surface area contributed by atoms with Crippen LogP contribution in [0, 0.1) is 0 Å². The third-order valence-electron chi connectivity index (χ3n) is 2.99. The Bertz CT molecular complexity index is 617. The fraction of sp³-hybridized carbons (Fsp3) is 0.312. The number of para-hydroxylation sites is 1. The van der Waals surface area contributed by atoms with Gasteiger partial charge in [-0.1, -0.05) is 18.2 Å². The number of anilines is 1. The van der Waals surface area contributed by atoms with Crippen LogP contribution in [0.2, 0.25) is 0 Å². The van der Waals surface area contributed by atoms with Gasteiger partial charge in [-0.3, -0.25) is 4.79 Å². The Kier molecular flexibility index (Phi) is 5.30. The number of ether oxygens (including phenoxy) is 1. The lowest BCUT2D eigenvalue weighted by Gasteiger charge is -2.15. The molecule has 0 spiro atoms. The normalized spacial score (nSPS) is 11.6. The van der Waals surface area contributed by atoms with E-state index in [0.717, 1.165) is 5.82 Å². The van der Waals surface area contributed by atoms with Crippen LogP contribution in [0.4, 0.5) is 5.82 Å². The molecular weight excluding hydrogens is 280 g/mol. The maximum Gasteiger partial charge on any atom is 0.261 e. The summed E-state index contributed by atoms with van der Waals surface area (Å²) in [6, 6.07) is 11.1. The van der Waals surface area contributed by atoms with Gasteiger partial charge in [-0.15, -0.1) is 0 Å². The summed E-state index contributed by atoms with van der Waals surface area (Å²) in [5, 5.41) is 2.78. The van der Waals surface area contributed by atoms with E-state index >= 15 is 0 Å². The molecule has 0 aliphatic rings. The van der Waals surface area contributed by atoms with Crippen molar-refractivity contribution in [3.05, 3.63) is 48.4 Å². The summed E-state index contributed by atoms with van der Waals surface area (Å²) in [6.45, 7) is 1.97. The maximum atomic E-state index is 12.0. The number of hydrogen-bond acceptors (Lipinski definition) is 5. The highest BCUT2D eigenvalue weighted by Gasteiger charge is 2.14. The van der Waals surface area contributed by atoms with Crippen LogP contribution in [0.5, 0.6) is 5.75 Å². The maximum absolute atomic E-state index is 12.0. The van der Waals surface area contributed by atoms with E-state index in [-0.39, 0.29) is 12.5 Å². The van der Waals surface area contributed by atoms with Crippen molar-refractivity contribution < 1.29 is 9.53 Å². The van der Waals surface area contributed by atoms with Crippen LogP contribution in [0.3, 0.4) is 0 Å². The molecule has 1 amide bonds. The molecule has 1 N–H and O–H groups in total. The Morgan fingerprint density at radius 3 is 2.68 bits per heavy atom. The molecule has 0 saturated heterocycles. The molecule has 0 saturated carbocycles. The number of rotatable bonds is 6. The van der Waals surface area contributed by atoms with E-state index in [1.807, 2.05) is 55.4 Å². The van der Waals surface area contributed by atoms with Crippen molar-refractivity contribution >= 4 is 11.7 Å². The Labute approximate surface area is 130 Å². The highest BCUT2D eigenvalue weighted by Crippen LogP contribution is 2.11. The SMILES string of the molecule is CC(Oc1ccccc1)C(=O)NCc1nccc(N(C)C)n1. The van der Waals surface area contributed by atoms with Crippen LogP contribution >= 0.6 is 0 Å². The van der Waals surface area contributed by atoms with Crippen LogP contribution < -0.4 is 15.0 Å². The second kappa shape index (κ2) is 7.40. The lowest BCUT2D eigenvalue weighted by Crippen LogP contribution is -2.36. The first-order valence-corrected chi connectivity index (χ1v) is 7.05. The summed E-state index contributed by atoms with van der Waals surface area (Å²) >= 11 is 0. The van der Waals surface area contributed by atoms with Crippen molar-refractivity contribution in [2.24, 2.45) is 0 Å². The molecule has 1 aromatic carbocycles. The molecule has 6 nitrogen and oxygen atoms in total. The number of carbonyl (C=O) groups excluding carboxylic acids is 1. The van der Waals surface area contributed by atoms with E-state index in [1.165, 1.54) is 0 Å². The summed E-state index contributed by atoms with van der Waals surface area (Å²) < 4.78 is 5.57. The van der Waals surface area contributed by atoms with E-state index in [0.29, 0.717) is 11.6 Å². The topological polar surface area (TPSA) is 67.3 Å². The molecule has 22 heavy (non-hydrogen) atoms. The molecule has 2 aromatic rings. The minimum atomic E-state index is -0.584. The number of aromatic nitrogens is 2. The van der Waals surface area contributed by atoms with Crippen LogP contribution in [0.15, 0.2) is 42.6 Å². The molecule has 1 aromatic heterocycles. The summed E-state index contributed by atoms with van der Waals surface area (Å²) in [5.41, 5.74) is 0. The van der Waals surface area contributed by atoms with Gasteiger partial charge in [0.05, 0.1) is 6.54 Å². The monoisotopic (exact) mass is 300 g/mol. The summed E-state index contributed by atoms with van der Waals surface area (Å²) in [7, 11) is 3.81. The van der Waals surface area contributed by atoms with Crippen molar-refractivity contribution in [2.45, 2.75) is 19.6 Å². The second-order valence-electron chi connectivity index (χ2n) is 5.02. The second-order valence-corrected chi connectivity index (χ2v) is 5.02. The van der Waals surface area contributed by atoms with E-state index in [2.05, 4.69) is 15.3 Å². The molecule has 1 heterocycles. The number of hydrogen-bond donors (Lipinski definition) is 1.